The molecule has 2 fully saturated rings. The molecule has 3 rings (SSSR count). The number of hydrogen-bond acceptors (Lipinski definition) is 2. The topological polar surface area (TPSA) is 37.3 Å². The Morgan fingerprint density at radius 3 is 2.67 bits per heavy atom. The molecule has 2 saturated carbocycles. The van der Waals surface area contributed by atoms with Gasteiger partial charge in [0.25, 0.3) is 0 Å². The molecule has 0 saturated heterocycles. The molecule has 0 spiro atoms. The Balaban J connectivity index is 0.000000774. The summed E-state index contributed by atoms with van der Waals surface area (Å²) in [6.07, 6.45) is 14.6. The number of fused-ring (bicyclic) bond motifs is 1. The van der Waals surface area contributed by atoms with Crippen LogP contribution in [-0.4, -0.2) is 18.0 Å². The second-order valence-electron chi connectivity index (χ2n) is 7.59. The van der Waals surface area contributed by atoms with Crippen LogP contribution in [0, 0.1) is 29.1 Å². The summed E-state index contributed by atoms with van der Waals surface area (Å²) in [4.78, 5) is 12.1. The minimum Gasteiger partial charge on any atom is -0.400 e. The number of ketones is 1. The predicted molar refractivity (Wildman–Crippen MR) is 87.0 cm³/mol. The molecule has 3 aliphatic carbocycles. The van der Waals surface area contributed by atoms with Gasteiger partial charge < -0.3 is 5.11 Å². The molecule has 2 heteroatoms. The summed E-state index contributed by atoms with van der Waals surface area (Å²) in [5.74, 6) is 3.39. The lowest BCUT2D eigenvalue weighted by atomic mass is 9.64. The molecule has 5 unspecified atom stereocenters. The van der Waals surface area contributed by atoms with Crippen LogP contribution in [-0.2, 0) is 4.79 Å². The molecule has 120 valence electrons. The van der Waals surface area contributed by atoms with Gasteiger partial charge in [-0.25, -0.2) is 0 Å². The van der Waals surface area contributed by atoms with Gasteiger partial charge in [0.1, 0.15) is 5.78 Å². The van der Waals surface area contributed by atoms with E-state index < -0.39 is 0 Å². The Kier molecular flexibility index (Phi) is 5.65. The summed E-state index contributed by atoms with van der Waals surface area (Å²) < 4.78 is 0. The van der Waals surface area contributed by atoms with Crippen LogP contribution in [0.1, 0.15) is 65.2 Å². The third-order valence-electron chi connectivity index (χ3n) is 6.33. The van der Waals surface area contributed by atoms with E-state index in [-0.39, 0.29) is 0 Å². The van der Waals surface area contributed by atoms with Crippen molar-refractivity contribution in [3.05, 3.63) is 12.2 Å². The van der Waals surface area contributed by atoms with Crippen molar-refractivity contribution in [2.45, 2.75) is 65.2 Å². The van der Waals surface area contributed by atoms with Crippen molar-refractivity contribution in [3.63, 3.8) is 0 Å². The van der Waals surface area contributed by atoms with Crippen LogP contribution < -0.4 is 0 Å². The molecule has 3 aliphatic rings. The van der Waals surface area contributed by atoms with Crippen LogP contribution >= 0.6 is 0 Å². The third-order valence-corrected chi connectivity index (χ3v) is 6.33. The summed E-state index contributed by atoms with van der Waals surface area (Å²) in [6.45, 7) is 4.74. The first-order valence-electron chi connectivity index (χ1n) is 8.75. The van der Waals surface area contributed by atoms with E-state index >= 15 is 0 Å². The fraction of sp³-hybridized carbons (Fsp3) is 0.842. The van der Waals surface area contributed by atoms with Gasteiger partial charge in [-0.3, -0.25) is 4.79 Å². The number of allylic oxidation sites excluding steroid dienone is 2. The van der Waals surface area contributed by atoms with Crippen molar-refractivity contribution in [2.75, 3.05) is 7.11 Å². The summed E-state index contributed by atoms with van der Waals surface area (Å²) in [5.41, 5.74) is 0.350. The lowest BCUT2D eigenvalue weighted by Crippen LogP contribution is -2.37. The molecule has 5 atom stereocenters. The van der Waals surface area contributed by atoms with E-state index in [1.807, 2.05) is 0 Å². The number of aliphatic hydroxyl groups is 1. The summed E-state index contributed by atoms with van der Waals surface area (Å²) in [7, 11) is 1.00. The van der Waals surface area contributed by atoms with Crippen LogP contribution in [0.15, 0.2) is 12.2 Å². The third kappa shape index (κ3) is 3.41. The molecule has 1 N–H and O–H groups in total. The van der Waals surface area contributed by atoms with E-state index in [2.05, 4.69) is 26.0 Å². The van der Waals surface area contributed by atoms with Crippen LogP contribution in [0.2, 0.25) is 0 Å². The fourth-order valence-corrected chi connectivity index (χ4v) is 5.12. The summed E-state index contributed by atoms with van der Waals surface area (Å²) in [6, 6.07) is 0. The van der Waals surface area contributed by atoms with Crippen LogP contribution in [0.25, 0.3) is 0 Å². The van der Waals surface area contributed by atoms with Gasteiger partial charge in [0, 0.05) is 19.4 Å². The quantitative estimate of drug-likeness (QED) is 0.784. The van der Waals surface area contributed by atoms with Gasteiger partial charge in [0.05, 0.1) is 0 Å². The highest BCUT2D eigenvalue weighted by Gasteiger charge is 2.50. The molecule has 0 amide bonds. The standard InChI is InChI=1S/C18H28O.CH4O/c1-13-5-6-14(12-13)7-8-15-9-10-16-17(19)4-3-11-18(15,16)2;1-2/h5-6,13-16H,3-4,7-12H2,1-2H3;2H,1H3. The van der Waals surface area contributed by atoms with E-state index in [9.17, 15) is 4.79 Å². The van der Waals surface area contributed by atoms with Gasteiger partial charge in [-0.05, 0) is 68.1 Å². The maximum absolute atomic E-state index is 12.1. The Bertz CT molecular complexity index is 387. The van der Waals surface area contributed by atoms with E-state index in [1.54, 1.807) is 0 Å². The van der Waals surface area contributed by atoms with Gasteiger partial charge >= 0.3 is 0 Å². The van der Waals surface area contributed by atoms with Crippen molar-refractivity contribution in [3.8, 4) is 0 Å². The predicted octanol–water partition coefficient (Wildman–Crippen LogP) is 4.37. The average molecular weight is 292 g/mol. The first-order chi connectivity index (χ1) is 10.1. The minimum atomic E-state index is 0.350. The normalized spacial score (nSPS) is 41.6. The Morgan fingerprint density at radius 1 is 1.24 bits per heavy atom. The second kappa shape index (κ2) is 7.09. The van der Waals surface area contributed by atoms with Crippen LogP contribution in [0.3, 0.4) is 0 Å². The smallest absolute Gasteiger partial charge is 0.136 e. The van der Waals surface area contributed by atoms with E-state index in [0.29, 0.717) is 17.1 Å². The zero-order valence-corrected chi connectivity index (χ0v) is 14.0. The Hall–Kier alpha value is -0.630. The molecule has 0 bridgehead atoms. The van der Waals surface area contributed by atoms with Gasteiger partial charge in [0.15, 0.2) is 0 Å². The van der Waals surface area contributed by atoms with Gasteiger partial charge in [-0.1, -0.05) is 26.0 Å². The van der Waals surface area contributed by atoms with E-state index in [0.717, 1.165) is 37.7 Å². The SMILES string of the molecule is CC1C=CC(CCC2CCC3C(=O)CCCC23C)C1.CO. The summed E-state index contributed by atoms with van der Waals surface area (Å²) >= 11 is 0. The number of Topliss-reactive ketones (excluding diaryl/α,β-unsaturated/α-hetero) is 1. The first-order valence-corrected chi connectivity index (χ1v) is 8.75. The van der Waals surface area contributed by atoms with Gasteiger partial charge in [-0.15, -0.1) is 0 Å². The highest BCUT2D eigenvalue weighted by Crippen LogP contribution is 2.55. The molecular weight excluding hydrogens is 260 g/mol. The zero-order chi connectivity index (χ0) is 15.5. The number of carbonyl (C=O) groups is 1. The monoisotopic (exact) mass is 292 g/mol. The largest absolute Gasteiger partial charge is 0.400 e. The molecule has 21 heavy (non-hydrogen) atoms. The number of hydrogen-bond donors (Lipinski definition) is 1. The molecule has 0 aromatic heterocycles. The molecule has 0 aromatic carbocycles. The van der Waals surface area contributed by atoms with Crippen molar-refractivity contribution >= 4 is 5.78 Å². The van der Waals surface area contributed by atoms with E-state index in [4.69, 9.17) is 5.11 Å². The second-order valence-corrected chi connectivity index (χ2v) is 7.59. The fourth-order valence-electron chi connectivity index (χ4n) is 5.12. The highest BCUT2D eigenvalue weighted by atomic mass is 16.2. The van der Waals surface area contributed by atoms with Crippen molar-refractivity contribution in [1.29, 1.82) is 0 Å². The Morgan fingerprint density at radius 2 is 2.00 bits per heavy atom. The highest BCUT2D eigenvalue weighted by molar-refractivity contribution is 5.83. The van der Waals surface area contributed by atoms with Gasteiger partial charge in [-0.2, -0.15) is 0 Å². The zero-order valence-electron chi connectivity index (χ0n) is 14.0. The molecule has 0 heterocycles. The molecular formula is C19H32O2. The molecule has 2 nitrogen and oxygen atoms in total. The van der Waals surface area contributed by atoms with Crippen LogP contribution in [0.4, 0.5) is 0 Å². The van der Waals surface area contributed by atoms with E-state index in [1.165, 1.54) is 38.5 Å². The Labute approximate surface area is 130 Å². The molecule has 0 radical (unpaired) electrons. The molecule has 0 aliphatic heterocycles. The lowest BCUT2D eigenvalue weighted by Gasteiger charge is -2.40. The molecule has 0 aromatic rings. The van der Waals surface area contributed by atoms with Gasteiger partial charge in [0.2, 0.25) is 0 Å². The maximum atomic E-state index is 12.1. The number of aliphatic hydroxyl groups excluding tert-OH is 1. The minimum absolute atomic E-state index is 0.350. The number of carbonyl (C=O) groups excluding carboxylic acids is 1. The van der Waals surface area contributed by atoms with Crippen molar-refractivity contribution in [1.82, 2.24) is 0 Å². The van der Waals surface area contributed by atoms with Crippen molar-refractivity contribution < 1.29 is 9.90 Å². The lowest BCUT2D eigenvalue weighted by molar-refractivity contribution is -0.129. The van der Waals surface area contributed by atoms with Crippen molar-refractivity contribution in [2.24, 2.45) is 29.1 Å². The maximum Gasteiger partial charge on any atom is 0.136 e. The van der Waals surface area contributed by atoms with Crippen LogP contribution in [0.5, 0.6) is 0 Å². The number of rotatable bonds is 3. The average Bonchev–Trinajstić information content (AvgIpc) is 3.03. The summed E-state index contributed by atoms with van der Waals surface area (Å²) in [5, 5.41) is 7.00. The first kappa shape index (κ1) is 16.7.